The molecule has 0 saturated heterocycles. The molecule has 5 nitrogen and oxygen atoms in total. The van der Waals surface area contributed by atoms with Gasteiger partial charge in [0.05, 0.1) is 17.3 Å². The van der Waals surface area contributed by atoms with Gasteiger partial charge in [-0.2, -0.15) is 0 Å². The molecule has 0 spiro atoms. The lowest BCUT2D eigenvalue weighted by atomic mass is 10.2. The zero-order chi connectivity index (χ0) is 16.5. The Labute approximate surface area is 137 Å². The summed E-state index contributed by atoms with van der Waals surface area (Å²) in [6.07, 6.45) is 1.27. The number of carbonyl (C=O) groups excluding carboxylic acids is 2. The van der Waals surface area contributed by atoms with Crippen LogP contribution in [0.5, 0.6) is 0 Å². The molecule has 0 aliphatic carbocycles. The second-order valence-electron chi connectivity index (χ2n) is 4.91. The van der Waals surface area contributed by atoms with Crippen molar-refractivity contribution >= 4 is 34.8 Å². The summed E-state index contributed by atoms with van der Waals surface area (Å²) < 4.78 is 0. The van der Waals surface area contributed by atoms with E-state index in [1.807, 2.05) is 20.8 Å². The van der Waals surface area contributed by atoms with Crippen molar-refractivity contribution in [3.05, 3.63) is 23.2 Å². The Kier molecular flexibility index (Phi) is 7.74. The van der Waals surface area contributed by atoms with Crippen LogP contribution in [0.15, 0.2) is 18.2 Å². The molecule has 2 amide bonds. The Hall–Kier alpha value is -1.75. The van der Waals surface area contributed by atoms with Gasteiger partial charge in [0, 0.05) is 25.2 Å². The quantitative estimate of drug-likeness (QED) is 0.770. The van der Waals surface area contributed by atoms with Crippen molar-refractivity contribution < 1.29 is 9.59 Å². The minimum atomic E-state index is -0.0324. The summed E-state index contributed by atoms with van der Waals surface area (Å²) in [7, 11) is 0. The first kappa shape index (κ1) is 18.3. The van der Waals surface area contributed by atoms with E-state index in [0.717, 1.165) is 6.42 Å². The Balaban J connectivity index is 2.70. The van der Waals surface area contributed by atoms with Gasteiger partial charge in [0.2, 0.25) is 11.8 Å². The topological polar surface area (TPSA) is 61.4 Å². The number of hydrogen-bond acceptors (Lipinski definition) is 3. The van der Waals surface area contributed by atoms with Gasteiger partial charge >= 0.3 is 0 Å². The van der Waals surface area contributed by atoms with E-state index in [9.17, 15) is 9.59 Å². The monoisotopic (exact) mass is 325 g/mol. The molecule has 6 heteroatoms. The van der Waals surface area contributed by atoms with E-state index in [0.29, 0.717) is 35.9 Å². The molecule has 0 aromatic heterocycles. The fraction of sp³-hybridized carbons (Fsp3) is 0.500. The summed E-state index contributed by atoms with van der Waals surface area (Å²) in [5.74, 6) is -0.0171. The lowest BCUT2D eigenvalue weighted by Gasteiger charge is -2.19. The predicted octanol–water partition coefficient (Wildman–Crippen LogP) is 3.36. The second-order valence-corrected chi connectivity index (χ2v) is 5.32. The van der Waals surface area contributed by atoms with Gasteiger partial charge < -0.3 is 15.5 Å². The molecule has 0 unspecified atom stereocenters. The van der Waals surface area contributed by atoms with Crippen molar-refractivity contribution in [1.29, 1.82) is 0 Å². The fourth-order valence-corrected chi connectivity index (χ4v) is 2.23. The van der Waals surface area contributed by atoms with Gasteiger partial charge in [0.1, 0.15) is 0 Å². The van der Waals surface area contributed by atoms with Crippen LogP contribution in [0.1, 0.15) is 33.6 Å². The predicted molar refractivity (Wildman–Crippen MR) is 91.4 cm³/mol. The van der Waals surface area contributed by atoms with Crippen molar-refractivity contribution in [3.8, 4) is 0 Å². The van der Waals surface area contributed by atoms with Crippen LogP contribution in [0.2, 0.25) is 5.02 Å². The normalized spacial score (nSPS) is 10.2. The molecular weight excluding hydrogens is 302 g/mol. The Morgan fingerprint density at radius 3 is 2.45 bits per heavy atom. The van der Waals surface area contributed by atoms with Crippen LogP contribution >= 0.6 is 11.6 Å². The minimum absolute atomic E-state index is 0.0153. The van der Waals surface area contributed by atoms with Crippen LogP contribution < -0.4 is 10.6 Å². The minimum Gasteiger partial charge on any atom is -0.375 e. The average molecular weight is 326 g/mol. The third-order valence-corrected chi connectivity index (χ3v) is 3.60. The lowest BCUT2D eigenvalue weighted by molar-refractivity contribution is -0.128. The summed E-state index contributed by atoms with van der Waals surface area (Å²) in [5, 5.41) is 6.36. The van der Waals surface area contributed by atoms with Crippen LogP contribution in [0.3, 0.4) is 0 Å². The van der Waals surface area contributed by atoms with E-state index in [1.54, 1.807) is 23.1 Å². The first-order valence-corrected chi connectivity index (χ1v) is 8.00. The van der Waals surface area contributed by atoms with E-state index in [-0.39, 0.29) is 18.4 Å². The first-order valence-electron chi connectivity index (χ1n) is 7.62. The molecule has 0 fully saturated rings. The molecule has 0 heterocycles. The number of anilines is 2. The van der Waals surface area contributed by atoms with E-state index in [4.69, 9.17) is 11.6 Å². The van der Waals surface area contributed by atoms with Gasteiger partial charge in [-0.15, -0.1) is 0 Å². The molecule has 0 bridgehead atoms. The number of hydrogen-bond donors (Lipinski definition) is 2. The van der Waals surface area contributed by atoms with Crippen LogP contribution in [0.25, 0.3) is 0 Å². The van der Waals surface area contributed by atoms with Crippen molar-refractivity contribution in [2.45, 2.75) is 33.6 Å². The summed E-state index contributed by atoms with van der Waals surface area (Å²) in [6.45, 7) is 7.37. The Morgan fingerprint density at radius 2 is 1.86 bits per heavy atom. The number of amides is 2. The third-order valence-electron chi connectivity index (χ3n) is 3.27. The molecular formula is C16H24ClN3O2. The molecule has 1 rings (SSSR count). The van der Waals surface area contributed by atoms with Gasteiger partial charge in [-0.1, -0.05) is 18.5 Å². The zero-order valence-electron chi connectivity index (χ0n) is 13.4. The molecule has 0 aliphatic heterocycles. The fourth-order valence-electron chi connectivity index (χ4n) is 2.05. The highest BCUT2D eigenvalue weighted by atomic mass is 35.5. The maximum Gasteiger partial charge on any atom is 0.241 e. The van der Waals surface area contributed by atoms with Gasteiger partial charge in [0.15, 0.2) is 0 Å². The molecule has 0 aliphatic rings. The number of nitrogens with one attached hydrogen (secondary N) is 2. The van der Waals surface area contributed by atoms with E-state index >= 15 is 0 Å². The first-order chi connectivity index (χ1) is 10.5. The molecule has 0 atom stereocenters. The van der Waals surface area contributed by atoms with Crippen LogP contribution in [0, 0.1) is 0 Å². The third kappa shape index (κ3) is 5.56. The molecule has 0 radical (unpaired) electrons. The van der Waals surface area contributed by atoms with Crippen molar-refractivity contribution in [2.24, 2.45) is 0 Å². The summed E-state index contributed by atoms with van der Waals surface area (Å²) in [5.41, 5.74) is 1.30. The summed E-state index contributed by atoms with van der Waals surface area (Å²) in [4.78, 5) is 25.3. The van der Waals surface area contributed by atoms with Gasteiger partial charge in [-0.3, -0.25) is 9.59 Å². The number of likely N-dealkylation sites (N-methyl/N-ethyl adjacent to an activating group) is 1. The maximum atomic E-state index is 12.0. The summed E-state index contributed by atoms with van der Waals surface area (Å²) in [6, 6.07) is 5.19. The molecule has 22 heavy (non-hydrogen) atoms. The van der Waals surface area contributed by atoms with E-state index in [2.05, 4.69) is 10.6 Å². The molecule has 1 aromatic rings. The van der Waals surface area contributed by atoms with Crippen molar-refractivity contribution in [2.75, 3.05) is 30.3 Å². The van der Waals surface area contributed by atoms with Gasteiger partial charge in [0.25, 0.3) is 0 Å². The SMILES string of the molecule is CCCC(=O)Nc1ccc(Cl)c(NCC(=O)N(CC)CC)c1. The highest BCUT2D eigenvalue weighted by molar-refractivity contribution is 6.33. The van der Waals surface area contributed by atoms with E-state index in [1.165, 1.54) is 0 Å². The second kappa shape index (κ2) is 9.30. The molecule has 1 aromatic carbocycles. The zero-order valence-corrected chi connectivity index (χ0v) is 14.2. The maximum absolute atomic E-state index is 12.0. The largest absolute Gasteiger partial charge is 0.375 e. The van der Waals surface area contributed by atoms with Crippen LogP contribution in [0.4, 0.5) is 11.4 Å². The number of carbonyl (C=O) groups is 2. The number of benzene rings is 1. The van der Waals surface area contributed by atoms with Crippen molar-refractivity contribution in [3.63, 3.8) is 0 Å². The molecule has 2 N–H and O–H groups in total. The number of nitrogens with zero attached hydrogens (tertiary/aromatic N) is 1. The van der Waals surface area contributed by atoms with Gasteiger partial charge in [-0.25, -0.2) is 0 Å². The van der Waals surface area contributed by atoms with Crippen LogP contribution in [-0.2, 0) is 9.59 Å². The summed E-state index contributed by atoms with van der Waals surface area (Å²) >= 11 is 6.12. The smallest absolute Gasteiger partial charge is 0.241 e. The standard InChI is InChI=1S/C16H24ClN3O2/c1-4-7-15(21)19-12-8-9-13(17)14(10-12)18-11-16(22)20(5-2)6-3/h8-10,18H,4-7,11H2,1-3H3,(H,19,21). The highest BCUT2D eigenvalue weighted by Gasteiger charge is 2.10. The van der Waals surface area contributed by atoms with E-state index < -0.39 is 0 Å². The lowest BCUT2D eigenvalue weighted by Crippen LogP contribution is -2.35. The van der Waals surface area contributed by atoms with Gasteiger partial charge in [-0.05, 0) is 38.5 Å². The molecule has 0 saturated carbocycles. The van der Waals surface area contributed by atoms with Crippen molar-refractivity contribution in [1.82, 2.24) is 4.90 Å². The Bertz CT molecular complexity index is 516. The number of halogens is 1. The Morgan fingerprint density at radius 1 is 1.18 bits per heavy atom. The number of rotatable bonds is 8. The average Bonchev–Trinajstić information content (AvgIpc) is 2.49. The highest BCUT2D eigenvalue weighted by Crippen LogP contribution is 2.25. The van der Waals surface area contributed by atoms with Crippen LogP contribution in [-0.4, -0.2) is 36.3 Å². The molecule has 122 valence electrons.